The van der Waals surface area contributed by atoms with Crippen LogP contribution in [0.1, 0.15) is 26.2 Å². The van der Waals surface area contributed by atoms with Crippen LogP contribution in [0.15, 0.2) is 12.4 Å². The molecular weight excluding hydrogens is 238 g/mol. The van der Waals surface area contributed by atoms with E-state index in [-0.39, 0.29) is 0 Å². The molecule has 1 aromatic rings. The van der Waals surface area contributed by atoms with E-state index in [0.29, 0.717) is 23.8 Å². The standard InChI is InChI=1S/C12H18ClN3O/c1-2-3-17-12-6-11(15-8-16-12)14-7-9-4-10(13)5-9/h6,8-10H,2-5,7H2,1H3,(H,14,15,16). The van der Waals surface area contributed by atoms with Gasteiger partial charge in [-0.2, -0.15) is 0 Å². The lowest BCUT2D eigenvalue weighted by Gasteiger charge is -2.30. The summed E-state index contributed by atoms with van der Waals surface area (Å²) >= 11 is 5.93. The van der Waals surface area contributed by atoms with Crippen molar-refractivity contribution in [3.05, 3.63) is 12.4 Å². The summed E-state index contributed by atoms with van der Waals surface area (Å²) in [5.41, 5.74) is 0. The van der Waals surface area contributed by atoms with Crippen LogP contribution in [0.2, 0.25) is 0 Å². The molecule has 94 valence electrons. The van der Waals surface area contributed by atoms with E-state index in [4.69, 9.17) is 16.3 Å². The highest BCUT2D eigenvalue weighted by molar-refractivity contribution is 6.21. The molecule has 0 spiro atoms. The molecule has 0 radical (unpaired) electrons. The van der Waals surface area contributed by atoms with Gasteiger partial charge in [0.05, 0.1) is 6.61 Å². The molecule has 1 N–H and O–H groups in total. The molecule has 1 aromatic heterocycles. The quantitative estimate of drug-likeness (QED) is 0.794. The fourth-order valence-corrected chi connectivity index (χ4v) is 2.30. The van der Waals surface area contributed by atoms with Crippen LogP contribution in [0.25, 0.3) is 0 Å². The molecule has 0 amide bonds. The van der Waals surface area contributed by atoms with Crippen molar-refractivity contribution in [3.63, 3.8) is 0 Å². The zero-order valence-electron chi connectivity index (χ0n) is 10.0. The lowest BCUT2D eigenvalue weighted by Crippen LogP contribution is -2.30. The third-order valence-electron chi connectivity index (χ3n) is 2.85. The van der Waals surface area contributed by atoms with Gasteiger partial charge >= 0.3 is 0 Å². The van der Waals surface area contributed by atoms with Crippen molar-refractivity contribution >= 4 is 17.4 Å². The molecule has 1 saturated carbocycles. The van der Waals surface area contributed by atoms with Crippen LogP contribution in [0.3, 0.4) is 0 Å². The van der Waals surface area contributed by atoms with Crippen LogP contribution in [0, 0.1) is 5.92 Å². The fourth-order valence-electron chi connectivity index (χ4n) is 1.79. The van der Waals surface area contributed by atoms with E-state index >= 15 is 0 Å². The third-order valence-corrected chi connectivity index (χ3v) is 3.20. The summed E-state index contributed by atoms with van der Waals surface area (Å²) < 4.78 is 5.45. The molecule has 0 atom stereocenters. The molecule has 0 aliphatic heterocycles. The number of hydrogen-bond donors (Lipinski definition) is 1. The van der Waals surface area contributed by atoms with Crippen molar-refractivity contribution in [3.8, 4) is 5.88 Å². The second kappa shape index (κ2) is 6.05. The van der Waals surface area contributed by atoms with Crippen molar-refractivity contribution in [2.24, 2.45) is 5.92 Å². The fraction of sp³-hybridized carbons (Fsp3) is 0.667. The number of aromatic nitrogens is 2. The average molecular weight is 256 g/mol. The molecule has 0 saturated heterocycles. The number of halogens is 1. The Balaban J connectivity index is 1.79. The lowest BCUT2D eigenvalue weighted by molar-refractivity contribution is 0.304. The molecular formula is C12H18ClN3O. The summed E-state index contributed by atoms with van der Waals surface area (Å²) in [6.45, 7) is 3.68. The minimum atomic E-state index is 0.371. The number of ether oxygens (including phenoxy) is 1. The molecule has 0 aromatic carbocycles. The number of nitrogens with zero attached hydrogens (tertiary/aromatic N) is 2. The van der Waals surface area contributed by atoms with Gasteiger partial charge in [-0.15, -0.1) is 11.6 Å². The van der Waals surface area contributed by atoms with E-state index in [2.05, 4.69) is 22.2 Å². The van der Waals surface area contributed by atoms with Gasteiger partial charge in [0.2, 0.25) is 5.88 Å². The first kappa shape index (κ1) is 12.4. The van der Waals surface area contributed by atoms with Crippen molar-refractivity contribution in [1.29, 1.82) is 0 Å². The van der Waals surface area contributed by atoms with Crippen LogP contribution < -0.4 is 10.1 Å². The predicted molar refractivity (Wildman–Crippen MR) is 68.7 cm³/mol. The van der Waals surface area contributed by atoms with E-state index < -0.39 is 0 Å². The van der Waals surface area contributed by atoms with Gasteiger partial charge < -0.3 is 10.1 Å². The van der Waals surface area contributed by atoms with Gasteiger partial charge in [-0.1, -0.05) is 6.92 Å². The van der Waals surface area contributed by atoms with Crippen LogP contribution in [-0.4, -0.2) is 28.5 Å². The summed E-state index contributed by atoms with van der Waals surface area (Å²) in [6.07, 6.45) is 4.70. The summed E-state index contributed by atoms with van der Waals surface area (Å²) in [5, 5.41) is 3.67. The van der Waals surface area contributed by atoms with Crippen LogP contribution >= 0.6 is 11.6 Å². The topological polar surface area (TPSA) is 47.0 Å². The Bertz CT molecular complexity index is 355. The van der Waals surface area contributed by atoms with Gasteiger partial charge in [-0.05, 0) is 25.2 Å². The van der Waals surface area contributed by atoms with Crippen molar-refractivity contribution in [2.45, 2.75) is 31.6 Å². The number of anilines is 1. The minimum Gasteiger partial charge on any atom is -0.478 e. The Morgan fingerprint density at radius 2 is 2.29 bits per heavy atom. The maximum atomic E-state index is 5.93. The van der Waals surface area contributed by atoms with Gasteiger partial charge in [-0.3, -0.25) is 0 Å². The highest BCUT2D eigenvalue weighted by atomic mass is 35.5. The number of nitrogens with one attached hydrogen (secondary N) is 1. The van der Waals surface area contributed by atoms with Gasteiger partial charge in [0.15, 0.2) is 0 Å². The summed E-state index contributed by atoms with van der Waals surface area (Å²) in [4.78, 5) is 8.22. The molecule has 17 heavy (non-hydrogen) atoms. The SMILES string of the molecule is CCCOc1cc(NCC2CC(Cl)C2)ncn1. The molecule has 1 aliphatic rings. The van der Waals surface area contributed by atoms with Crippen molar-refractivity contribution in [1.82, 2.24) is 9.97 Å². The first-order chi connectivity index (χ1) is 8.28. The molecule has 1 fully saturated rings. The zero-order valence-corrected chi connectivity index (χ0v) is 10.8. The second-order valence-corrected chi connectivity index (χ2v) is 5.02. The summed E-state index contributed by atoms with van der Waals surface area (Å²) in [6, 6.07) is 1.84. The monoisotopic (exact) mass is 255 g/mol. The largest absolute Gasteiger partial charge is 0.478 e. The third kappa shape index (κ3) is 3.73. The number of alkyl halides is 1. The first-order valence-corrected chi connectivity index (χ1v) is 6.54. The Morgan fingerprint density at radius 3 is 3.00 bits per heavy atom. The summed E-state index contributed by atoms with van der Waals surface area (Å²) in [5.74, 6) is 2.13. The maximum Gasteiger partial charge on any atom is 0.218 e. The summed E-state index contributed by atoms with van der Waals surface area (Å²) in [7, 11) is 0. The first-order valence-electron chi connectivity index (χ1n) is 6.10. The molecule has 4 nitrogen and oxygen atoms in total. The predicted octanol–water partition coefficient (Wildman–Crippen LogP) is 2.69. The lowest BCUT2D eigenvalue weighted by atomic mass is 9.85. The van der Waals surface area contributed by atoms with E-state index in [1.165, 1.54) is 6.33 Å². The Hall–Kier alpha value is -1.03. The molecule has 0 bridgehead atoms. The van der Waals surface area contributed by atoms with Gasteiger partial charge in [0.1, 0.15) is 12.1 Å². The Morgan fingerprint density at radius 1 is 1.47 bits per heavy atom. The average Bonchev–Trinajstić information content (AvgIpc) is 2.31. The second-order valence-electron chi connectivity index (χ2n) is 4.41. The smallest absolute Gasteiger partial charge is 0.218 e. The highest BCUT2D eigenvalue weighted by Gasteiger charge is 2.26. The number of hydrogen-bond acceptors (Lipinski definition) is 4. The van der Waals surface area contributed by atoms with Crippen LogP contribution in [-0.2, 0) is 0 Å². The molecule has 2 rings (SSSR count). The van der Waals surface area contributed by atoms with Gasteiger partial charge in [-0.25, -0.2) is 9.97 Å². The maximum absolute atomic E-state index is 5.93. The van der Waals surface area contributed by atoms with E-state index in [0.717, 1.165) is 31.6 Å². The molecule has 5 heteroatoms. The van der Waals surface area contributed by atoms with Crippen LogP contribution in [0.4, 0.5) is 5.82 Å². The zero-order chi connectivity index (χ0) is 12.1. The van der Waals surface area contributed by atoms with Crippen LogP contribution in [0.5, 0.6) is 5.88 Å². The Kier molecular flexibility index (Phi) is 4.42. The van der Waals surface area contributed by atoms with Gasteiger partial charge in [0, 0.05) is 18.0 Å². The van der Waals surface area contributed by atoms with E-state index in [9.17, 15) is 0 Å². The van der Waals surface area contributed by atoms with Crippen molar-refractivity contribution < 1.29 is 4.74 Å². The molecule has 1 aliphatic carbocycles. The number of rotatable bonds is 6. The van der Waals surface area contributed by atoms with Gasteiger partial charge in [0.25, 0.3) is 0 Å². The van der Waals surface area contributed by atoms with E-state index in [1.54, 1.807) is 0 Å². The molecule has 0 unspecified atom stereocenters. The minimum absolute atomic E-state index is 0.371. The van der Waals surface area contributed by atoms with Crippen molar-refractivity contribution in [2.75, 3.05) is 18.5 Å². The molecule has 1 heterocycles. The van der Waals surface area contributed by atoms with E-state index in [1.807, 2.05) is 6.07 Å². The highest BCUT2D eigenvalue weighted by Crippen LogP contribution is 2.31. The Labute approximate surface area is 107 Å². The normalized spacial score (nSPS) is 22.9.